The number of hydrogen-bond donors (Lipinski definition) is 1. The fourth-order valence-electron chi connectivity index (χ4n) is 1.55. The molecule has 0 saturated heterocycles. The number of aromatic amines is 1. The summed E-state index contributed by atoms with van der Waals surface area (Å²) in [5, 5.41) is 15.2. The lowest BCUT2D eigenvalue weighted by atomic mass is 10.2. The van der Waals surface area contributed by atoms with Crippen LogP contribution >= 0.6 is 11.6 Å². The van der Waals surface area contributed by atoms with Crippen molar-refractivity contribution in [1.82, 2.24) is 25.4 Å². The zero-order valence-corrected chi connectivity index (χ0v) is 9.96. The fourth-order valence-corrected chi connectivity index (χ4v) is 1.68. The third-order valence-corrected chi connectivity index (χ3v) is 2.70. The van der Waals surface area contributed by atoms with Crippen LogP contribution in [0.2, 0.25) is 5.02 Å². The van der Waals surface area contributed by atoms with E-state index >= 15 is 0 Å². The summed E-state index contributed by atoms with van der Waals surface area (Å²) in [5.41, 5.74) is 1.75. The lowest BCUT2D eigenvalue weighted by Gasteiger charge is -1.94. The third-order valence-electron chi connectivity index (χ3n) is 2.45. The maximum atomic E-state index is 5.84. The maximum absolute atomic E-state index is 5.84. The molecule has 1 aromatic carbocycles. The van der Waals surface area contributed by atoms with E-state index in [1.807, 2.05) is 18.2 Å². The Morgan fingerprint density at radius 2 is 1.78 bits per heavy atom. The van der Waals surface area contributed by atoms with E-state index < -0.39 is 0 Å². The topological polar surface area (TPSA) is 67.3 Å². The molecule has 0 amide bonds. The van der Waals surface area contributed by atoms with E-state index in [0.29, 0.717) is 16.7 Å². The lowest BCUT2D eigenvalue weighted by Crippen LogP contribution is -1.84. The number of hydrogen-bond acceptors (Lipinski definition) is 4. The van der Waals surface area contributed by atoms with Gasteiger partial charge in [-0.3, -0.25) is 5.10 Å². The number of benzene rings is 1. The molecular formula is C12H8ClN5. The first-order chi connectivity index (χ1) is 8.83. The van der Waals surface area contributed by atoms with Gasteiger partial charge in [-0.2, -0.15) is 15.3 Å². The van der Waals surface area contributed by atoms with Gasteiger partial charge in [0.25, 0.3) is 0 Å². The lowest BCUT2D eigenvalue weighted by molar-refractivity contribution is 1.02. The summed E-state index contributed by atoms with van der Waals surface area (Å²) in [6, 6.07) is 9.18. The summed E-state index contributed by atoms with van der Waals surface area (Å²) >= 11 is 5.84. The van der Waals surface area contributed by atoms with Gasteiger partial charge in [0.05, 0.1) is 12.4 Å². The summed E-state index contributed by atoms with van der Waals surface area (Å²) in [5.74, 6) is 1.29. The summed E-state index contributed by atoms with van der Waals surface area (Å²) in [7, 11) is 0. The quantitative estimate of drug-likeness (QED) is 0.766. The molecule has 0 aliphatic heterocycles. The molecule has 0 saturated carbocycles. The van der Waals surface area contributed by atoms with Gasteiger partial charge >= 0.3 is 0 Å². The van der Waals surface area contributed by atoms with Gasteiger partial charge in [0.15, 0.2) is 11.6 Å². The molecule has 2 heterocycles. The SMILES string of the molecule is Clc1ccc(-c2n[nH]c(-c3ccnnc3)n2)cc1. The molecule has 3 rings (SSSR count). The second-order valence-corrected chi connectivity index (χ2v) is 4.08. The Morgan fingerprint density at radius 3 is 2.50 bits per heavy atom. The maximum Gasteiger partial charge on any atom is 0.181 e. The van der Waals surface area contributed by atoms with Gasteiger partial charge in [-0.25, -0.2) is 4.98 Å². The molecule has 5 nitrogen and oxygen atoms in total. The minimum Gasteiger partial charge on any atom is -0.259 e. The Bertz CT molecular complexity index is 648. The van der Waals surface area contributed by atoms with Crippen LogP contribution in [0.1, 0.15) is 0 Å². The molecule has 6 heteroatoms. The van der Waals surface area contributed by atoms with Gasteiger partial charge in [-0.1, -0.05) is 11.6 Å². The van der Waals surface area contributed by atoms with E-state index in [4.69, 9.17) is 11.6 Å². The molecule has 0 bridgehead atoms. The van der Waals surface area contributed by atoms with Crippen molar-refractivity contribution >= 4 is 11.6 Å². The Hall–Kier alpha value is -2.27. The van der Waals surface area contributed by atoms with Crippen LogP contribution < -0.4 is 0 Å². The first-order valence-corrected chi connectivity index (χ1v) is 5.66. The van der Waals surface area contributed by atoms with Crippen LogP contribution in [0.15, 0.2) is 42.7 Å². The normalized spacial score (nSPS) is 10.5. The van der Waals surface area contributed by atoms with Crippen LogP contribution in [0.5, 0.6) is 0 Å². The van der Waals surface area contributed by atoms with Crippen molar-refractivity contribution in [2.45, 2.75) is 0 Å². The molecule has 0 radical (unpaired) electrons. The molecule has 88 valence electrons. The predicted molar refractivity (Wildman–Crippen MR) is 67.9 cm³/mol. The smallest absolute Gasteiger partial charge is 0.181 e. The minimum atomic E-state index is 0.624. The number of H-pyrrole nitrogens is 1. The molecule has 0 unspecified atom stereocenters. The molecule has 2 aromatic heterocycles. The number of nitrogens with one attached hydrogen (secondary N) is 1. The number of halogens is 1. The Morgan fingerprint density at radius 1 is 0.944 bits per heavy atom. The average molecular weight is 258 g/mol. The molecule has 0 spiro atoms. The van der Waals surface area contributed by atoms with Crippen LogP contribution in [0, 0.1) is 0 Å². The average Bonchev–Trinajstić information content (AvgIpc) is 2.90. The van der Waals surface area contributed by atoms with E-state index in [-0.39, 0.29) is 0 Å². The number of nitrogens with zero attached hydrogens (tertiary/aromatic N) is 4. The number of aromatic nitrogens is 5. The van der Waals surface area contributed by atoms with Crippen LogP contribution in [0.25, 0.3) is 22.8 Å². The second kappa shape index (κ2) is 4.54. The van der Waals surface area contributed by atoms with Gasteiger partial charge in [0.1, 0.15) is 0 Å². The molecular weight excluding hydrogens is 250 g/mol. The fraction of sp³-hybridized carbons (Fsp3) is 0. The molecule has 0 fully saturated rings. The van der Waals surface area contributed by atoms with Crippen molar-refractivity contribution in [3.05, 3.63) is 47.7 Å². The second-order valence-electron chi connectivity index (χ2n) is 3.65. The largest absolute Gasteiger partial charge is 0.259 e. The monoisotopic (exact) mass is 257 g/mol. The highest BCUT2D eigenvalue weighted by molar-refractivity contribution is 6.30. The van der Waals surface area contributed by atoms with E-state index in [0.717, 1.165) is 11.1 Å². The van der Waals surface area contributed by atoms with E-state index in [2.05, 4.69) is 25.4 Å². The van der Waals surface area contributed by atoms with Gasteiger partial charge in [-0.05, 0) is 30.3 Å². The van der Waals surface area contributed by atoms with Gasteiger partial charge in [0, 0.05) is 16.1 Å². The Labute approximate surface area is 108 Å². The first kappa shape index (κ1) is 10.9. The Balaban J connectivity index is 1.97. The van der Waals surface area contributed by atoms with Gasteiger partial charge < -0.3 is 0 Å². The van der Waals surface area contributed by atoms with Crippen LogP contribution in [0.4, 0.5) is 0 Å². The summed E-state index contributed by atoms with van der Waals surface area (Å²) < 4.78 is 0. The zero-order chi connectivity index (χ0) is 12.4. The summed E-state index contributed by atoms with van der Waals surface area (Å²) in [6.45, 7) is 0. The molecule has 0 aliphatic carbocycles. The summed E-state index contributed by atoms with van der Waals surface area (Å²) in [4.78, 5) is 4.40. The van der Waals surface area contributed by atoms with Crippen LogP contribution in [0.3, 0.4) is 0 Å². The molecule has 0 atom stereocenters. The molecule has 0 aliphatic rings. The molecule has 3 aromatic rings. The minimum absolute atomic E-state index is 0.624. The Kier molecular flexibility index (Phi) is 2.74. The highest BCUT2D eigenvalue weighted by atomic mass is 35.5. The van der Waals surface area contributed by atoms with Crippen molar-refractivity contribution < 1.29 is 0 Å². The van der Waals surface area contributed by atoms with Crippen molar-refractivity contribution in [2.75, 3.05) is 0 Å². The van der Waals surface area contributed by atoms with Crippen molar-refractivity contribution in [3.8, 4) is 22.8 Å². The summed E-state index contributed by atoms with van der Waals surface area (Å²) in [6.07, 6.45) is 3.24. The molecule has 1 N–H and O–H groups in total. The standard InChI is InChI=1S/C12H8ClN5/c13-10-3-1-8(2-4-10)11-16-12(18-17-11)9-5-6-14-15-7-9/h1-7H,(H,16,17,18). The van der Waals surface area contributed by atoms with Crippen molar-refractivity contribution in [1.29, 1.82) is 0 Å². The van der Waals surface area contributed by atoms with E-state index in [1.54, 1.807) is 24.5 Å². The number of rotatable bonds is 2. The molecule has 18 heavy (non-hydrogen) atoms. The highest BCUT2D eigenvalue weighted by Gasteiger charge is 2.07. The van der Waals surface area contributed by atoms with E-state index in [9.17, 15) is 0 Å². The van der Waals surface area contributed by atoms with Crippen LogP contribution in [-0.4, -0.2) is 25.4 Å². The third kappa shape index (κ3) is 2.08. The van der Waals surface area contributed by atoms with E-state index in [1.165, 1.54) is 0 Å². The van der Waals surface area contributed by atoms with Crippen molar-refractivity contribution in [2.24, 2.45) is 0 Å². The van der Waals surface area contributed by atoms with Crippen molar-refractivity contribution in [3.63, 3.8) is 0 Å². The zero-order valence-electron chi connectivity index (χ0n) is 9.21. The van der Waals surface area contributed by atoms with Crippen LogP contribution in [-0.2, 0) is 0 Å². The van der Waals surface area contributed by atoms with Gasteiger partial charge in [-0.15, -0.1) is 0 Å². The first-order valence-electron chi connectivity index (χ1n) is 5.28. The van der Waals surface area contributed by atoms with Gasteiger partial charge in [0.2, 0.25) is 0 Å². The highest BCUT2D eigenvalue weighted by Crippen LogP contribution is 2.20. The predicted octanol–water partition coefficient (Wildman–Crippen LogP) is 2.58.